The highest BCUT2D eigenvalue weighted by atomic mass is 32.2. The van der Waals surface area contributed by atoms with Crippen LogP contribution in [-0.2, 0) is 15.4 Å². The van der Waals surface area contributed by atoms with E-state index in [-0.39, 0.29) is 10.1 Å². The van der Waals surface area contributed by atoms with Gasteiger partial charge in [-0.25, -0.2) is 8.42 Å². The minimum Gasteiger partial charge on any atom is -0.322 e. The van der Waals surface area contributed by atoms with E-state index in [1.165, 1.54) is 44.1 Å². The van der Waals surface area contributed by atoms with Crippen molar-refractivity contribution in [1.82, 2.24) is 0 Å². The highest BCUT2D eigenvalue weighted by Gasteiger charge is 2.51. The lowest BCUT2D eigenvalue weighted by molar-refractivity contribution is -0.00518. The summed E-state index contributed by atoms with van der Waals surface area (Å²) >= 11 is 1.16. The molecule has 7 rings (SSSR count). The molecule has 0 saturated heterocycles. The first-order chi connectivity index (χ1) is 16.4. The Morgan fingerprint density at radius 1 is 0.824 bits per heavy atom. The zero-order valence-electron chi connectivity index (χ0n) is 18.9. The highest BCUT2D eigenvalue weighted by molar-refractivity contribution is 7.94. The standard InChI is InChI=1S/C27H28N2O3S2/c30-26(21-3-7-24(8-4-21)29-34(31,32)25-2-1-11-33-25)28-23-9-5-22(6-10-23)27-15-18-12-19(16-27)14-20(13-18)17-27/h1-11,18-20,29H,12-17H2,(H,28,30). The number of carbonyl (C=O) groups is 1. The van der Waals surface area contributed by atoms with Crippen LogP contribution in [0.25, 0.3) is 0 Å². The molecule has 1 amide bonds. The molecule has 1 heterocycles. The molecule has 2 N–H and O–H groups in total. The average Bonchev–Trinajstić information content (AvgIpc) is 3.35. The number of sulfonamides is 1. The van der Waals surface area contributed by atoms with Gasteiger partial charge in [-0.15, -0.1) is 11.3 Å². The van der Waals surface area contributed by atoms with Crippen LogP contribution < -0.4 is 10.0 Å². The third kappa shape index (κ3) is 4.05. The second kappa shape index (κ2) is 8.24. The summed E-state index contributed by atoms with van der Waals surface area (Å²) < 4.78 is 27.5. The SMILES string of the molecule is O=C(Nc1ccc(C23CC4CC(CC(C4)C2)C3)cc1)c1ccc(NS(=O)(=O)c2cccs2)cc1. The van der Waals surface area contributed by atoms with E-state index in [2.05, 4.69) is 22.2 Å². The van der Waals surface area contributed by atoms with Crippen LogP contribution in [0.5, 0.6) is 0 Å². The van der Waals surface area contributed by atoms with Crippen molar-refractivity contribution < 1.29 is 13.2 Å². The molecule has 4 bridgehead atoms. The van der Waals surface area contributed by atoms with Crippen molar-refractivity contribution in [1.29, 1.82) is 0 Å². The molecule has 5 nitrogen and oxygen atoms in total. The molecule has 0 radical (unpaired) electrons. The molecule has 0 unspecified atom stereocenters. The summed E-state index contributed by atoms with van der Waals surface area (Å²) in [6, 6.07) is 18.2. The van der Waals surface area contributed by atoms with Crippen LogP contribution in [0.3, 0.4) is 0 Å². The summed E-state index contributed by atoms with van der Waals surface area (Å²) in [5, 5.41) is 4.69. The lowest BCUT2D eigenvalue weighted by Gasteiger charge is -2.57. The topological polar surface area (TPSA) is 75.3 Å². The second-order valence-electron chi connectivity index (χ2n) is 10.3. The smallest absolute Gasteiger partial charge is 0.271 e. The van der Waals surface area contributed by atoms with E-state index in [0.717, 1.165) is 34.8 Å². The van der Waals surface area contributed by atoms with Gasteiger partial charge in [0.15, 0.2) is 0 Å². The Bertz CT molecular complexity index is 1260. The lowest BCUT2D eigenvalue weighted by Crippen LogP contribution is -2.48. The van der Waals surface area contributed by atoms with Gasteiger partial charge in [0.05, 0.1) is 0 Å². The van der Waals surface area contributed by atoms with Crippen LogP contribution in [0.1, 0.15) is 54.4 Å². The molecule has 0 atom stereocenters. The van der Waals surface area contributed by atoms with Crippen molar-refractivity contribution in [2.75, 3.05) is 10.0 Å². The summed E-state index contributed by atoms with van der Waals surface area (Å²) in [6.45, 7) is 0. The van der Waals surface area contributed by atoms with Gasteiger partial charge in [0.2, 0.25) is 0 Å². The summed E-state index contributed by atoms with van der Waals surface area (Å²) in [4.78, 5) is 12.8. The summed E-state index contributed by atoms with van der Waals surface area (Å²) in [5.41, 5.74) is 3.46. The number of anilines is 2. The maximum atomic E-state index is 12.8. The first-order valence-electron chi connectivity index (χ1n) is 12.0. The maximum Gasteiger partial charge on any atom is 0.271 e. The van der Waals surface area contributed by atoms with Gasteiger partial charge in [0, 0.05) is 16.9 Å². The Hall–Kier alpha value is -2.64. The molecule has 0 spiro atoms. The quantitative estimate of drug-likeness (QED) is 0.426. The van der Waals surface area contributed by atoms with Crippen molar-refractivity contribution >= 4 is 38.6 Å². The number of rotatable bonds is 6. The Balaban J connectivity index is 1.12. The number of hydrogen-bond donors (Lipinski definition) is 2. The minimum absolute atomic E-state index is 0.213. The van der Waals surface area contributed by atoms with Crippen LogP contribution >= 0.6 is 11.3 Å². The number of benzene rings is 2. The van der Waals surface area contributed by atoms with Gasteiger partial charge in [-0.1, -0.05) is 18.2 Å². The van der Waals surface area contributed by atoms with E-state index in [4.69, 9.17) is 0 Å². The number of hydrogen-bond acceptors (Lipinski definition) is 4. The normalized spacial score (nSPS) is 27.5. The Morgan fingerprint density at radius 2 is 1.41 bits per heavy atom. The molecule has 7 heteroatoms. The van der Waals surface area contributed by atoms with Gasteiger partial charge in [-0.3, -0.25) is 9.52 Å². The van der Waals surface area contributed by atoms with Gasteiger partial charge in [0.1, 0.15) is 4.21 Å². The van der Waals surface area contributed by atoms with Crippen molar-refractivity contribution in [3.8, 4) is 0 Å². The third-order valence-electron chi connectivity index (χ3n) is 7.95. The summed E-state index contributed by atoms with van der Waals surface area (Å²) in [6.07, 6.45) is 8.28. The molecule has 4 aliphatic rings. The first kappa shape index (κ1) is 21.9. The molecule has 0 aliphatic heterocycles. The fourth-order valence-electron chi connectivity index (χ4n) is 6.89. The number of nitrogens with one attached hydrogen (secondary N) is 2. The van der Waals surface area contributed by atoms with E-state index < -0.39 is 10.0 Å². The minimum atomic E-state index is -3.60. The number of carbonyl (C=O) groups excluding carboxylic acids is 1. The molecule has 4 fully saturated rings. The molecule has 4 saturated carbocycles. The monoisotopic (exact) mass is 492 g/mol. The predicted octanol–water partition coefficient (Wildman–Crippen LogP) is 6.27. The van der Waals surface area contributed by atoms with E-state index in [1.807, 2.05) is 12.1 Å². The van der Waals surface area contributed by atoms with Crippen molar-refractivity contribution in [2.24, 2.45) is 17.8 Å². The van der Waals surface area contributed by atoms with Gasteiger partial charge in [-0.2, -0.15) is 0 Å². The average molecular weight is 493 g/mol. The Labute approximate surface area is 204 Å². The molecular weight excluding hydrogens is 464 g/mol. The van der Waals surface area contributed by atoms with Gasteiger partial charge in [0.25, 0.3) is 15.9 Å². The Morgan fingerprint density at radius 3 is 1.97 bits per heavy atom. The largest absolute Gasteiger partial charge is 0.322 e. The number of thiophene rings is 1. The zero-order valence-corrected chi connectivity index (χ0v) is 20.5. The van der Waals surface area contributed by atoms with Crippen LogP contribution in [0.4, 0.5) is 11.4 Å². The van der Waals surface area contributed by atoms with Crippen molar-refractivity contribution in [3.05, 3.63) is 77.2 Å². The molecule has 3 aromatic rings. The van der Waals surface area contributed by atoms with Crippen LogP contribution in [0.15, 0.2) is 70.3 Å². The van der Waals surface area contributed by atoms with E-state index in [0.29, 0.717) is 16.7 Å². The van der Waals surface area contributed by atoms with Crippen molar-refractivity contribution in [3.63, 3.8) is 0 Å². The van der Waals surface area contributed by atoms with Gasteiger partial charge >= 0.3 is 0 Å². The molecule has 176 valence electrons. The highest BCUT2D eigenvalue weighted by Crippen LogP contribution is 2.60. The van der Waals surface area contributed by atoms with E-state index in [1.54, 1.807) is 41.8 Å². The summed E-state index contributed by atoms with van der Waals surface area (Å²) in [7, 11) is -3.60. The van der Waals surface area contributed by atoms with Crippen molar-refractivity contribution in [2.45, 2.75) is 48.1 Å². The first-order valence-corrected chi connectivity index (χ1v) is 14.3. The molecule has 1 aromatic heterocycles. The third-order valence-corrected chi connectivity index (χ3v) is 10.7. The maximum absolute atomic E-state index is 12.8. The number of amides is 1. The molecule has 4 aliphatic carbocycles. The van der Waals surface area contributed by atoms with Gasteiger partial charge < -0.3 is 5.32 Å². The van der Waals surface area contributed by atoms with Gasteiger partial charge in [-0.05, 0) is 115 Å². The molecule has 34 heavy (non-hydrogen) atoms. The Kier molecular flexibility index (Phi) is 5.30. The fraction of sp³-hybridized carbons (Fsp3) is 0.370. The van der Waals surface area contributed by atoms with E-state index >= 15 is 0 Å². The molecule has 2 aromatic carbocycles. The zero-order chi connectivity index (χ0) is 23.3. The lowest BCUT2D eigenvalue weighted by atomic mass is 9.48. The van der Waals surface area contributed by atoms with Crippen LogP contribution in [0.2, 0.25) is 0 Å². The second-order valence-corrected chi connectivity index (χ2v) is 13.2. The summed E-state index contributed by atoms with van der Waals surface area (Å²) in [5.74, 6) is 2.50. The predicted molar refractivity (Wildman–Crippen MR) is 136 cm³/mol. The molecular formula is C27H28N2O3S2. The van der Waals surface area contributed by atoms with Crippen LogP contribution in [-0.4, -0.2) is 14.3 Å². The fourth-order valence-corrected chi connectivity index (χ4v) is 8.94. The van der Waals surface area contributed by atoms with E-state index in [9.17, 15) is 13.2 Å². The van der Waals surface area contributed by atoms with Crippen LogP contribution in [0, 0.1) is 17.8 Å².